The molecule has 0 spiro atoms. The van der Waals surface area contributed by atoms with Crippen LogP contribution >= 0.6 is 0 Å². The van der Waals surface area contributed by atoms with E-state index in [2.05, 4.69) is 36.2 Å². The number of aromatic nitrogens is 2. The van der Waals surface area contributed by atoms with Crippen LogP contribution < -0.4 is 5.32 Å². The van der Waals surface area contributed by atoms with Crippen molar-refractivity contribution < 1.29 is 4.52 Å². The third-order valence-corrected chi connectivity index (χ3v) is 3.52. The smallest absolute Gasteiger partial charge is 0.231 e. The molecule has 1 N–H and O–H groups in total. The van der Waals surface area contributed by atoms with Gasteiger partial charge in [-0.3, -0.25) is 0 Å². The first-order valence-corrected chi connectivity index (χ1v) is 6.79. The monoisotopic (exact) mass is 237 g/mol. The first-order chi connectivity index (χ1) is 8.22. The number of nitrogens with zero attached hydrogens (tertiary/aromatic N) is 2. The summed E-state index contributed by atoms with van der Waals surface area (Å²) in [4.78, 5) is 4.55. The van der Waals surface area contributed by atoms with E-state index in [1.165, 1.54) is 19.3 Å². The summed E-state index contributed by atoms with van der Waals surface area (Å²) in [5, 5.41) is 7.62. The molecule has 0 amide bonds. The highest BCUT2D eigenvalue weighted by atomic mass is 16.5. The molecule has 1 aromatic heterocycles. The summed E-state index contributed by atoms with van der Waals surface area (Å²) in [5.74, 6) is 2.41. The van der Waals surface area contributed by atoms with Gasteiger partial charge in [-0.1, -0.05) is 38.8 Å². The number of hydrogen-bond acceptors (Lipinski definition) is 4. The second-order valence-corrected chi connectivity index (χ2v) is 5.20. The highest BCUT2D eigenvalue weighted by molar-refractivity contribution is 5.02. The summed E-state index contributed by atoms with van der Waals surface area (Å²) in [6, 6.07) is 0.509. The predicted octanol–water partition coefficient (Wildman–Crippen LogP) is 2.83. The van der Waals surface area contributed by atoms with E-state index >= 15 is 0 Å². The van der Waals surface area contributed by atoms with E-state index < -0.39 is 0 Å². The van der Waals surface area contributed by atoms with Crippen LogP contribution in [0.15, 0.2) is 4.52 Å². The van der Waals surface area contributed by atoms with E-state index in [0.29, 0.717) is 17.9 Å². The first-order valence-electron chi connectivity index (χ1n) is 6.79. The Hall–Kier alpha value is -0.900. The molecular weight excluding hydrogens is 214 g/mol. The third-order valence-electron chi connectivity index (χ3n) is 3.52. The molecule has 0 aliphatic heterocycles. The van der Waals surface area contributed by atoms with Gasteiger partial charge in [0.25, 0.3) is 0 Å². The van der Waals surface area contributed by atoms with E-state index in [1.807, 2.05) is 0 Å². The van der Waals surface area contributed by atoms with Gasteiger partial charge in [-0.05, 0) is 19.4 Å². The largest absolute Gasteiger partial charge is 0.339 e. The van der Waals surface area contributed by atoms with Crippen LogP contribution in [-0.2, 0) is 0 Å². The molecule has 1 aliphatic rings. The Morgan fingerprint density at radius 2 is 2.12 bits per heavy atom. The molecule has 2 rings (SSSR count). The van der Waals surface area contributed by atoms with E-state index in [1.54, 1.807) is 0 Å². The fourth-order valence-electron chi connectivity index (χ4n) is 2.57. The molecule has 4 nitrogen and oxygen atoms in total. The average Bonchev–Trinajstić information content (AvgIpc) is 2.79. The molecule has 1 heterocycles. The summed E-state index contributed by atoms with van der Waals surface area (Å²) < 4.78 is 5.44. The molecule has 0 saturated heterocycles. The summed E-state index contributed by atoms with van der Waals surface area (Å²) in [7, 11) is 0. The van der Waals surface area contributed by atoms with Gasteiger partial charge >= 0.3 is 0 Å². The Morgan fingerprint density at radius 1 is 1.35 bits per heavy atom. The van der Waals surface area contributed by atoms with Crippen molar-refractivity contribution in [2.24, 2.45) is 0 Å². The zero-order valence-corrected chi connectivity index (χ0v) is 11.1. The lowest BCUT2D eigenvalue weighted by atomic mass is 9.84. The van der Waals surface area contributed by atoms with Gasteiger partial charge in [0.05, 0.1) is 5.92 Å². The lowest BCUT2D eigenvalue weighted by Gasteiger charge is -2.29. The minimum absolute atomic E-state index is 0.341. The van der Waals surface area contributed by atoms with E-state index in [4.69, 9.17) is 4.52 Å². The van der Waals surface area contributed by atoms with Crippen molar-refractivity contribution >= 4 is 0 Å². The predicted molar refractivity (Wildman–Crippen MR) is 67.1 cm³/mol. The van der Waals surface area contributed by atoms with Gasteiger partial charge in [0.2, 0.25) is 5.89 Å². The third kappa shape index (κ3) is 2.86. The summed E-state index contributed by atoms with van der Waals surface area (Å²) >= 11 is 0. The highest BCUT2D eigenvalue weighted by Gasteiger charge is 2.30. The van der Waals surface area contributed by atoms with Gasteiger partial charge in [-0.15, -0.1) is 0 Å². The lowest BCUT2D eigenvalue weighted by molar-refractivity contribution is 0.264. The van der Waals surface area contributed by atoms with Crippen LogP contribution in [0.4, 0.5) is 0 Å². The van der Waals surface area contributed by atoms with Crippen molar-refractivity contribution in [3.8, 4) is 0 Å². The summed E-state index contributed by atoms with van der Waals surface area (Å²) in [6.45, 7) is 7.35. The zero-order chi connectivity index (χ0) is 12.3. The molecular formula is C13H23N3O. The summed E-state index contributed by atoms with van der Waals surface area (Å²) in [5.41, 5.74) is 0. The van der Waals surface area contributed by atoms with Gasteiger partial charge in [-0.2, -0.15) is 4.98 Å². The minimum atomic E-state index is 0.341. The van der Waals surface area contributed by atoms with Crippen molar-refractivity contribution in [2.75, 3.05) is 6.54 Å². The van der Waals surface area contributed by atoms with Crippen LogP contribution in [0.2, 0.25) is 0 Å². The SMILES string of the molecule is CCNC1CCCCC1c1nc(C(C)C)no1. The van der Waals surface area contributed by atoms with Crippen molar-refractivity contribution in [3.63, 3.8) is 0 Å². The molecule has 1 saturated carbocycles. The maximum Gasteiger partial charge on any atom is 0.231 e. The maximum atomic E-state index is 5.44. The molecule has 0 bridgehead atoms. The minimum Gasteiger partial charge on any atom is -0.339 e. The van der Waals surface area contributed by atoms with Crippen LogP contribution in [0.3, 0.4) is 0 Å². The van der Waals surface area contributed by atoms with E-state index in [0.717, 1.165) is 24.7 Å². The highest BCUT2D eigenvalue weighted by Crippen LogP contribution is 2.32. The molecule has 1 aliphatic carbocycles. The normalized spacial score (nSPS) is 25.4. The average molecular weight is 237 g/mol. The molecule has 96 valence electrons. The zero-order valence-electron chi connectivity index (χ0n) is 11.1. The van der Waals surface area contributed by atoms with Gasteiger partial charge in [-0.25, -0.2) is 0 Å². The van der Waals surface area contributed by atoms with Crippen molar-refractivity contribution in [2.45, 2.75) is 64.3 Å². The Bertz CT molecular complexity index is 346. The number of rotatable bonds is 4. The molecule has 2 unspecified atom stereocenters. The van der Waals surface area contributed by atoms with Crippen molar-refractivity contribution in [1.82, 2.24) is 15.5 Å². The van der Waals surface area contributed by atoms with Gasteiger partial charge < -0.3 is 9.84 Å². The van der Waals surface area contributed by atoms with Crippen LogP contribution in [-0.4, -0.2) is 22.7 Å². The molecule has 1 fully saturated rings. The Balaban J connectivity index is 2.11. The standard InChI is InChI=1S/C13H23N3O/c1-4-14-11-8-6-5-7-10(11)13-15-12(9(2)3)16-17-13/h9-11,14H,4-8H2,1-3H3. The van der Waals surface area contributed by atoms with Crippen LogP contribution in [0, 0.1) is 0 Å². The second-order valence-electron chi connectivity index (χ2n) is 5.20. The molecule has 1 aromatic rings. The molecule has 0 radical (unpaired) electrons. The second kappa shape index (κ2) is 5.63. The van der Waals surface area contributed by atoms with Crippen LogP contribution in [0.25, 0.3) is 0 Å². The maximum absolute atomic E-state index is 5.44. The number of hydrogen-bond donors (Lipinski definition) is 1. The first kappa shape index (κ1) is 12.6. The van der Waals surface area contributed by atoms with Gasteiger partial charge in [0.1, 0.15) is 0 Å². The Morgan fingerprint density at radius 3 is 2.76 bits per heavy atom. The van der Waals surface area contributed by atoms with Crippen LogP contribution in [0.5, 0.6) is 0 Å². The fourth-order valence-corrected chi connectivity index (χ4v) is 2.57. The van der Waals surface area contributed by atoms with Crippen molar-refractivity contribution in [3.05, 3.63) is 11.7 Å². The molecule has 0 aromatic carbocycles. The van der Waals surface area contributed by atoms with E-state index in [-0.39, 0.29) is 0 Å². The Labute approximate surface area is 103 Å². The Kier molecular flexibility index (Phi) is 4.15. The molecule has 17 heavy (non-hydrogen) atoms. The topological polar surface area (TPSA) is 51.0 Å². The van der Waals surface area contributed by atoms with Gasteiger partial charge in [0, 0.05) is 12.0 Å². The van der Waals surface area contributed by atoms with E-state index in [9.17, 15) is 0 Å². The number of likely N-dealkylation sites (N-methyl/N-ethyl adjacent to an activating group) is 1. The van der Waals surface area contributed by atoms with Gasteiger partial charge in [0.15, 0.2) is 5.82 Å². The molecule has 2 atom stereocenters. The lowest BCUT2D eigenvalue weighted by Crippen LogP contribution is -2.37. The van der Waals surface area contributed by atoms with Crippen molar-refractivity contribution in [1.29, 1.82) is 0 Å². The van der Waals surface area contributed by atoms with Crippen LogP contribution in [0.1, 0.15) is 70.0 Å². The summed E-state index contributed by atoms with van der Waals surface area (Å²) in [6.07, 6.45) is 4.96. The molecule has 4 heteroatoms. The fraction of sp³-hybridized carbons (Fsp3) is 0.846. The number of nitrogens with one attached hydrogen (secondary N) is 1. The quantitative estimate of drug-likeness (QED) is 0.875.